The second-order valence-corrected chi connectivity index (χ2v) is 8.01. The van der Waals surface area contributed by atoms with E-state index in [2.05, 4.69) is 26.1 Å². The number of likely N-dealkylation sites (N-methyl/N-ethyl adjacent to an activating group) is 1. The largest absolute Gasteiger partial charge is 0.394 e. The third-order valence-corrected chi connectivity index (χ3v) is 6.14. The normalized spacial score (nSPS) is 23.8. The maximum absolute atomic E-state index is 13.4. The average molecular weight is 434 g/mol. The lowest BCUT2D eigenvalue weighted by molar-refractivity contribution is 0.168. The number of fused-ring (bicyclic) bond motifs is 3. The molecule has 7 heteroatoms. The summed E-state index contributed by atoms with van der Waals surface area (Å²) in [5, 5.41) is 12.8. The van der Waals surface area contributed by atoms with E-state index in [1.54, 1.807) is 17.0 Å². The third kappa shape index (κ3) is 3.19. The van der Waals surface area contributed by atoms with E-state index in [1.165, 1.54) is 12.1 Å². The molecule has 0 aliphatic carbocycles. The molecule has 2 N–H and O–H groups in total. The van der Waals surface area contributed by atoms with Crippen LogP contribution in [0.3, 0.4) is 0 Å². The Morgan fingerprint density at radius 3 is 2.89 bits per heavy atom. The van der Waals surface area contributed by atoms with Gasteiger partial charge in [0.05, 0.1) is 18.7 Å². The number of hydrogen-bond donors (Lipinski definition) is 2. The van der Waals surface area contributed by atoms with Crippen molar-refractivity contribution in [2.24, 2.45) is 5.92 Å². The van der Waals surface area contributed by atoms with Crippen LogP contribution in [-0.2, 0) is 0 Å². The van der Waals surface area contributed by atoms with Gasteiger partial charge in [0, 0.05) is 35.4 Å². The van der Waals surface area contributed by atoms with Crippen LogP contribution < -0.4 is 10.2 Å². The number of urea groups is 1. The van der Waals surface area contributed by atoms with Crippen molar-refractivity contribution >= 4 is 33.3 Å². The minimum Gasteiger partial charge on any atom is -0.394 e. The third-order valence-electron chi connectivity index (χ3n) is 5.65. The summed E-state index contributed by atoms with van der Waals surface area (Å²) in [6.45, 7) is 0.624. The van der Waals surface area contributed by atoms with Crippen molar-refractivity contribution in [1.29, 1.82) is 0 Å². The molecule has 0 saturated carbocycles. The van der Waals surface area contributed by atoms with E-state index in [-0.39, 0.29) is 36.5 Å². The zero-order valence-electron chi connectivity index (χ0n) is 14.9. The van der Waals surface area contributed by atoms with Gasteiger partial charge < -0.3 is 20.2 Å². The van der Waals surface area contributed by atoms with Crippen LogP contribution in [0.5, 0.6) is 0 Å². The molecule has 3 atom stereocenters. The number of benzene rings is 2. The first-order chi connectivity index (χ1) is 13.0. The molecule has 4 rings (SSSR count). The summed E-state index contributed by atoms with van der Waals surface area (Å²) in [5.41, 5.74) is 2.52. The molecule has 2 aromatic carbocycles. The molecule has 1 saturated heterocycles. The molecule has 0 aromatic heterocycles. The van der Waals surface area contributed by atoms with Crippen LogP contribution in [0.2, 0.25) is 0 Å². The highest BCUT2D eigenvalue weighted by Crippen LogP contribution is 2.49. The molecule has 2 heterocycles. The van der Waals surface area contributed by atoms with Crippen LogP contribution in [0, 0.1) is 11.7 Å². The monoisotopic (exact) mass is 433 g/mol. The van der Waals surface area contributed by atoms with E-state index in [0.717, 1.165) is 22.1 Å². The second-order valence-electron chi connectivity index (χ2n) is 7.10. The number of carbonyl (C=O) groups excluding carboxylic acids is 1. The van der Waals surface area contributed by atoms with Gasteiger partial charge in [0.2, 0.25) is 0 Å². The molecule has 2 aromatic rings. The van der Waals surface area contributed by atoms with Crippen molar-refractivity contribution in [2.75, 3.05) is 30.4 Å². The molecular formula is C20H21BrFN3O2. The highest BCUT2D eigenvalue weighted by atomic mass is 79.9. The van der Waals surface area contributed by atoms with Crippen LogP contribution in [0.25, 0.3) is 0 Å². The molecule has 0 spiro atoms. The first kappa shape index (κ1) is 18.3. The summed E-state index contributed by atoms with van der Waals surface area (Å²) >= 11 is 3.53. The molecule has 1 fully saturated rings. The van der Waals surface area contributed by atoms with Crippen LogP contribution in [0.1, 0.15) is 18.0 Å². The molecule has 27 heavy (non-hydrogen) atoms. The van der Waals surface area contributed by atoms with Gasteiger partial charge in [-0.05, 0) is 48.4 Å². The number of aliphatic hydroxyl groups is 1. The molecule has 2 aliphatic heterocycles. The van der Waals surface area contributed by atoms with E-state index in [9.17, 15) is 14.3 Å². The standard InChI is InChI=1S/C20H21BrFN3O2/c1-24-17-6-5-12(21)9-16(17)19-15(18(24)11-26)7-8-25(19)20(27)23-14-4-2-3-13(22)10-14/h2-6,9-10,15,18-19,26H,7-8,11H2,1H3,(H,23,27)/t15-,18+,19-/m1/s1. The summed E-state index contributed by atoms with van der Waals surface area (Å²) in [7, 11) is 1.99. The molecule has 0 unspecified atom stereocenters. The molecule has 0 radical (unpaired) electrons. The molecule has 2 amide bonds. The zero-order valence-corrected chi connectivity index (χ0v) is 16.5. The highest BCUT2D eigenvalue weighted by molar-refractivity contribution is 9.10. The number of halogens is 2. The molecule has 5 nitrogen and oxygen atoms in total. The van der Waals surface area contributed by atoms with Gasteiger partial charge >= 0.3 is 6.03 Å². The molecule has 2 aliphatic rings. The van der Waals surface area contributed by atoms with E-state index in [4.69, 9.17) is 0 Å². The van der Waals surface area contributed by atoms with Crippen molar-refractivity contribution < 1.29 is 14.3 Å². The predicted octanol–water partition coefficient (Wildman–Crippen LogP) is 3.99. The number of hydrogen-bond acceptors (Lipinski definition) is 3. The first-order valence-corrected chi connectivity index (χ1v) is 9.75. The summed E-state index contributed by atoms with van der Waals surface area (Å²) in [6, 6.07) is 11.5. The van der Waals surface area contributed by atoms with Crippen molar-refractivity contribution in [3.63, 3.8) is 0 Å². The Labute approximate surface area is 165 Å². The lowest BCUT2D eigenvalue weighted by Crippen LogP contribution is -2.48. The lowest BCUT2D eigenvalue weighted by Gasteiger charge is -2.44. The Hall–Kier alpha value is -2.12. The summed E-state index contributed by atoms with van der Waals surface area (Å²) in [6.07, 6.45) is 0.808. The van der Waals surface area contributed by atoms with Gasteiger partial charge in [-0.3, -0.25) is 0 Å². The number of nitrogens with zero attached hydrogens (tertiary/aromatic N) is 2. The van der Waals surface area contributed by atoms with E-state index in [0.29, 0.717) is 12.2 Å². The number of nitrogens with one attached hydrogen (secondary N) is 1. The summed E-state index contributed by atoms with van der Waals surface area (Å²) in [4.78, 5) is 16.9. The van der Waals surface area contributed by atoms with E-state index in [1.807, 2.05) is 25.2 Å². The van der Waals surface area contributed by atoms with Gasteiger partial charge in [-0.1, -0.05) is 22.0 Å². The number of carbonyl (C=O) groups is 1. The van der Waals surface area contributed by atoms with Crippen molar-refractivity contribution in [1.82, 2.24) is 4.90 Å². The van der Waals surface area contributed by atoms with Crippen LogP contribution in [0.4, 0.5) is 20.6 Å². The Morgan fingerprint density at radius 2 is 2.15 bits per heavy atom. The maximum atomic E-state index is 13.4. The minimum atomic E-state index is -0.388. The van der Waals surface area contributed by atoms with Crippen LogP contribution >= 0.6 is 15.9 Å². The van der Waals surface area contributed by atoms with Crippen molar-refractivity contribution in [3.8, 4) is 0 Å². The quantitative estimate of drug-likeness (QED) is 0.752. The molecule has 0 bridgehead atoms. The number of rotatable bonds is 2. The van der Waals surface area contributed by atoms with Gasteiger partial charge in [-0.25, -0.2) is 9.18 Å². The fraction of sp³-hybridized carbons (Fsp3) is 0.350. The number of anilines is 2. The van der Waals surface area contributed by atoms with E-state index >= 15 is 0 Å². The first-order valence-electron chi connectivity index (χ1n) is 8.96. The molecular weight excluding hydrogens is 413 g/mol. The van der Waals surface area contributed by atoms with Gasteiger partial charge in [-0.2, -0.15) is 0 Å². The second kappa shape index (κ2) is 7.13. The smallest absolute Gasteiger partial charge is 0.322 e. The fourth-order valence-corrected chi connectivity index (χ4v) is 4.79. The fourth-order valence-electron chi connectivity index (χ4n) is 4.41. The minimum absolute atomic E-state index is 0.0343. The Kier molecular flexibility index (Phi) is 4.82. The van der Waals surface area contributed by atoms with Gasteiger partial charge in [0.1, 0.15) is 5.82 Å². The topological polar surface area (TPSA) is 55.8 Å². The number of aliphatic hydroxyl groups excluding tert-OH is 1. The summed E-state index contributed by atoms with van der Waals surface area (Å²) in [5.74, 6) is -0.249. The van der Waals surface area contributed by atoms with Crippen LogP contribution in [-0.4, -0.2) is 42.3 Å². The van der Waals surface area contributed by atoms with E-state index < -0.39 is 0 Å². The summed E-state index contributed by atoms with van der Waals surface area (Å²) < 4.78 is 14.4. The van der Waals surface area contributed by atoms with Gasteiger partial charge in [-0.15, -0.1) is 0 Å². The maximum Gasteiger partial charge on any atom is 0.322 e. The van der Waals surface area contributed by atoms with Crippen molar-refractivity contribution in [2.45, 2.75) is 18.5 Å². The zero-order chi connectivity index (χ0) is 19.1. The van der Waals surface area contributed by atoms with Crippen molar-refractivity contribution in [3.05, 3.63) is 58.3 Å². The highest BCUT2D eigenvalue weighted by Gasteiger charge is 2.47. The van der Waals surface area contributed by atoms with Crippen LogP contribution in [0.15, 0.2) is 46.9 Å². The Bertz CT molecular complexity index is 878. The Balaban J connectivity index is 1.68. The van der Waals surface area contributed by atoms with Gasteiger partial charge in [0.25, 0.3) is 0 Å². The Morgan fingerprint density at radius 1 is 1.33 bits per heavy atom. The predicted molar refractivity (Wildman–Crippen MR) is 106 cm³/mol. The lowest BCUT2D eigenvalue weighted by atomic mass is 9.82. The SMILES string of the molecule is CN1c2ccc(Br)cc2[C@H]2[C@H](CCN2C(=O)Nc2cccc(F)c2)[C@@H]1CO. The number of likely N-dealkylation sites (tertiary alicyclic amines) is 1. The number of amides is 2. The van der Waals surface area contributed by atoms with Gasteiger partial charge in [0.15, 0.2) is 0 Å². The average Bonchev–Trinajstić information content (AvgIpc) is 3.07. The molecule has 142 valence electrons.